The Morgan fingerprint density at radius 2 is 2.15 bits per heavy atom. The van der Waals surface area contributed by atoms with Gasteiger partial charge in [-0.25, -0.2) is 14.2 Å². The number of benzene rings is 1. The number of aliphatic carboxylic acids is 1. The Morgan fingerprint density at radius 1 is 1.34 bits per heavy atom. The topological polar surface area (TPSA) is 185 Å². The number of phenolic OH excluding ortho intramolecular Hbond substituents is 1. The molecule has 12 nitrogen and oxygen atoms in total. The zero-order valence-electron chi connectivity index (χ0n) is 20.5. The first kappa shape index (κ1) is 28.6. The highest BCUT2D eigenvalue weighted by Crippen LogP contribution is 2.41. The number of nitrogen functional groups attached to an aromatic ring is 1. The Morgan fingerprint density at radius 3 is 2.85 bits per heavy atom. The molecule has 0 bridgehead atoms. The van der Waals surface area contributed by atoms with Crippen molar-refractivity contribution in [1.82, 2.24) is 15.2 Å². The standard InChI is InChI=1S/C24H18FN5O7S4/c25-9-37-29-17(13-8-40-24(26)27-13)20(33)28-18-21(34)30-19(23(35)36)10(7-39-22(18)30)3-4-38-16-6-14(32)12-2-1-11(31)5-15(12)41-16/h1-6,8,18,22,31H,7,9H2,(H2,26,27)(H,28,33)(H,35,36)/t18?,22-/m1/s1. The van der Waals surface area contributed by atoms with Crippen LogP contribution in [0.3, 0.4) is 0 Å². The van der Waals surface area contributed by atoms with Crippen molar-refractivity contribution in [2.24, 2.45) is 5.16 Å². The lowest BCUT2D eigenvalue weighted by atomic mass is 10.0. The molecule has 4 heterocycles. The molecule has 2 aliphatic heterocycles. The van der Waals surface area contributed by atoms with Crippen LogP contribution in [0.25, 0.3) is 10.1 Å². The molecular formula is C24H18FN5O7S4. The fourth-order valence-corrected chi connectivity index (χ4v) is 7.91. The second-order valence-electron chi connectivity index (χ2n) is 8.32. The van der Waals surface area contributed by atoms with Crippen LogP contribution < -0.4 is 16.5 Å². The van der Waals surface area contributed by atoms with Gasteiger partial charge in [-0.05, 0) is 35.3 Å². The van der Waals surface area contributed by atoms with Gasteiger partial charge in [0.05, 0.1) is 4.21 Å². The number of rotatable bonds is 9. The molecule has 17 heteroatoms. The molecule has 0 aliphatic carbocycles. The fraction of sp³-hybridized carbons (Fsp3) is 0.167. The van der Waals surface area contributed by atoms with E-state index in [2.05, 4.69) is 20.3 Å². The van der Waals surface area contributed by atoms with Gasteiger partial charge in [-0.15, -0.1) is 34.4 Å². The number of hydrogen-bond acceptors (Lipinski definition) is 13. The maximum Gasteiger partial charge on any atom is 0.352 e. The Labute approximate surface area is 246 Å². The first-order chi connectivity index (χ1) is 19.7. The number of thiazole rings is 1. The SMILES string of the molecule is Nc1nc(C(=NOCF)C(=O)NC2C(=O)N3C(C(=O)O)=C(C=CSc4cc(=O)c5ccc(O)cc5s4)CS[C@H]23)cs1. The number of hydrogen-bond donors (Lipinski definition) is 4. The Bertz CT molecular complexity index is 1720. The predicted octanol–water partition coefficient (Wildman–Crippen LogP) is 2.70. The van der Waals surface area contributed by atoms with Crippen LogP contribution in [-0.2, 0) is 19.2 Å². The highest BCUT2D eigenvalue weighted by Gasteiger charge is 2.54. The number of phenols is 1. The van der Waals surface area contributed by atoms with E-state index >= 15 is 0 Å². The fourth-order valence-electron chi connectivity index (χ4n) is 4.03. The van der Waals surface area contributed by atoms with Crippen molar-refractivity contribution in [1.29, 1.82) is 0 Å². The number of amides is 2. The van der Waals surface area contributed by atoms with E-state index in [9.17, 15) is 33.8 Å². The van der Waals surface area contributed by atoms with Crippen LogP contribution >= 0.6 is 46.2 Å². The lowest BCUT2D eigenvalue weighted by Crippen LogP contribution is -2.71. The number of nitrogens with two attached hydrogens (primary N) is 1. The van der Waals surface area contributed by atoms with E-state index in [1.54, 1.807) is 17.6 Å². The molecule has 0 saturated carbocycles. The largest absolute Gasteiger partial charge is 0.508 e. The molecule has 0 spiro atoms. The van der Waals surface area contributed by atoms with Gasteiger partial charge in [-0.2, -0.15) is 0 Å². The molecule has 1 saturated heterocycles. The van der Waals surface area contributed by atoms with Gasteiger partial charge in [-0.1, -0.05) is 16.9 Å². The Balaban J connectivity index is 1.32. The van der Waals surface area contributed by atoms with Crippen molar-refractivity contribution in [3.8, 4) is 5.75 Å². The van der Waals surface area contributed by atoms with Crippen LogP contribution in [0.15, 0.2) is 66.6 Å². The minimum Gasteiger partial charge on any atom is -0.508 e. The average molecular weight is 636 g/mol. The summed E-state index contributed by atoms with van der Waals surface area (Å²) in [5.74, 6) is -2.58. The van der Waals surface area contributed by atoms with E-state index < -0.39 is 36.1 Å². The minimum absolute atomic E-state index is 0.0302. The van der Waals surface area contributed by atoms with Crippen LogP contribution in [0.2, 0.25) is 0 Å². The third kappa shape index (κ3) is 5.79. The number of aromatic hydroxyl groups is 1. The smallest absolute Gasteiger partial charge is 0.352 e. The van der Waals surface area contributed by atoms with Crippen LogP contribution in [0.1, 0.15) is 5.69 Å². The summed E-state index contributed by atoms with van der Waals surface area (Å²) in [7, 11) is 0. The summed E-state index contributed by atoms with van der Waals surface area (Å²) in [6.45, 7) is -1.30. The Kier molecular flexibility index (Phi) is 8.30. The number of β-lactam (4-membered cyclic amide) rings is 1. The molecule has 1 aromatic carbocycles. The van der Waals surface area contributed by atoms with E-state index in [0.717, 1.165) is 16.2 Å². The molecule has 1 unspecified atom stereocenters. The highest BCUT2D eigenvalue weighted by molar-refractivity contribution is 8.04. The number of nitrogens with zero attached hydrogens (tertiary/aromatic N) is 3. The molecule has 3 aromatic rings. The molecule has 2 aromatic heterocycles. The number of halogens is 1. The van der Waals surface area contributed by atoms with Crippen molar-refractivity contribution in [3.63, 3.8) is 0 Å². The number of carboxylic acids is 1. The molecule has 2 amide bonds. The quantitative estimate of drug-likeness (QED) is 0.117. The maximum absolute atomic E-state index is 13.0. The molecule has 41 heavy (non-hydrogen) atoms. The van der Waals surface area contributed by atoms with Crippen LogP contribution in [0.4, 0.5) is 9.52 Å². The minimum atomic E-state index is -1.32. The summed E-state index contributed by atoms with van der Waals surface area (Å²) in [5, 5.41) is 28.5. The van der Waals surface area contributed by atoms with E-state index in [1.807, 2.05) is 0 Å². The lowest BCUT2D eigenvalue weighted by molar-refractivity contribution is -0.150. The second-order valence-corrected chi connectivity index (χ2v) is 12.6. The van der Waals surface area contributed by atoms with Crippen molar-refractivity contribution >= 4 is 84.9 Å². The van der Waals surface area contributed by atoms with Gasteiger partial charge in [-0.3, -0.25) is 19.3 Å². The van der Waals surface area contributed by atoms with Crippen LogP contribution in [0.5, 0.6) is 5.75 Å². The predicted molar refractivity (Wildman–Crippen MR) is 155 cm³/mol. The summed E-state index contributed by atoms with van der Waals surface area (Å²) < 4.78 is 13.8. The van der Waals surface area contributed by atoms with E-state index in [1.165, 1.54) is 58.4 Å². The second kappa shape index (κ2) is 11.9. The third-order valence-electron chi connectivity index (χ3n) is 5.81. The van der Waals surface area contributed by atoms with Crippen molar-refractivity contribution in [2.45, 2.75) is 15.6 Å². The zero-order chi connectivity index (χ0) is 29.3. The number of alkyl halides is 1. The molecule has 5 rings (SSSR count). The molecule has 2 aliphatic rings. The maximum atomic E-state index is 13.0. The van der Waals surface area contributed by atoms with Crippen LogP contribution in [0, 0.1) is 0 Å². The zero-order valence-corrected chi connectivity index (χ0v) is 23.7. The summed E-state index contributed by atoms with van der Waals surface area (Å²) in [6, 6.07) is 4.87. The lowest BCUT2D eigenvalue weighted by Gasteiger charge is -2.49. The third-order valence-corrected chi connectivity index (χ3v) is 9.83. The van der Waals surface area contributed by atoms with E-state index in [0.29, 0.717) is 19.9 Å². The molecule has 1 fully saturated rings. The van der Waals surface area contributed by atoms with Crippen molar-refractivity contribution in [2.75, 3.05) is 18.3 Å². The molecule has 5 N–H and O–H groups in total. The first-order valence-electron chi connectivity index (χ1n) is 11.5. The molecule has 212 valence electrons. The average Bonchev–Trinajstić information content (AvgIpc) is 3.36. The normalized spacial score (nSPS) is 18.9. The summed E-state index contributed by atoms with van der Waals surface area (Å²) >= 11 is 4.76. The molecule has 2 atom stereocenters. The van der Waals surface area contributed by atoms with Crippen molar-refractivity contribution < 1.29 is 33.8 Å². The molecule has 0 radical (unpaired) electrons. The first-order valence-corrected chi connectivity index (χ1v) is 15.1. The number of carbonyl (C=O) groups excluding carboxylic acids is 2. The number of fused-ring (bicyclic) bond motifs is 2. The van der Waals surface area contributed by atoms with Gasteiger partial charge in [0.2, 0.25) is 0 Å². The number of oxime groups is 1. The van der Waals surface area contributed by atoms with Gasteiger partial charge in [0.1, 0.15) is 28.6 Å². The van der Waals surface area contributed by atoms with Crippen molar-refractivity contribution in [3.05, 3.63) is 68.3 Å². The summed E-state index contributed by atoms with van der Waals surface area (Å²) in [4.78, 5) is 59.9. The van der Waals surface area contributed by atoms with E-state index in [-0.39, 0.29) is 39.2 Å². The number of nitrogens with one attached hydrogen (secondary N) is 1. The van der Waals surface area contributed by atoms with Gasteiger partial charge in [0.25, 0.3) is 18.7 Å². The number of aromatic nitrogens is 1. The van der Waals surface area contributed by atoms with E-state index in [4.69, 9.17) is 5.73 Å². The Hall–Kier alpha value is -3.93. The highest BCUT2D eigenvalue weighted by atomic mass is 32.2. The van der Waals surface area contributed by atoms with Gasteiger partial charge >= 0.3 is 5.97 Å². The monoisotopic (exact) mass is 635 g/mol. The van der Waals surface area contributed by atoms with Gasteiger partial charge in [0.15, 0.2) is 16.3 Å². The number of allylic oxidation sites excluding steroid dienone is 1. The number of carbonyl (C=O) groups is 3. The van der Waals surface area contributed by atoms with Crippen LogP contribution in [-0.4, -0.2) is 67.6 Å². The van der Waals surface area contributed by atoms with Gasteiger partial charge in [0, 0.05) is 27.3 Å². The summed E-state index contributed by atoms with van der Waals surface area (Å²) in [6.07, 6.45) is 1.56. The number of carboxylic acid groups (broad SMARTS) is 1. The number of anilines is 1. The van der Waals surface area contributed by atoms with Gasteiger partial charge < -0.3 is 26.1 Å². The number of thioether (sulfide) groups is 2. The molecular weight excluding hydrogens is 618 g/mol. The summed E-state index contributed by atoms with van der Waals surface area (Å²) in [5.41, 5.74) is 5.18.